The van der Waals surface area contributed by atoms with Crippen molar-refractivity contribution in [2.24, 2.45) is 17.7 Å². The van der Waals surface area contributed by atoms with Gasteiger partial charge in [0.05, 0.1) is 6.04 Å². The predicted molar refractivity (Wildman–Crippen MR) is 67.5 cm³/mol. The molecule has 0 amide bonds. The van der Waals surface area contributed by atoms with Crippen molar-refractivity contribution in [3.8, 4) is 0 Å². The first-order valence-corrected chi connectivity index (χ1v) is 6.68. The molecule has 19 heavy (non-hydrogen) atoms. The number of hydrazine groups is 1. The highest BCUT2D eigenvalue weighted by Gasteiger charge is 2.32. The standard InChI is InChI=1S/C14H19F3N2/c1-2-8-3-4-9(7-8)14(19-18)10-5-6-11(15)13(17)12(10)16/h5-6,8-9,14,19H,2-4,7,18H2,1H3. The summed E-state index contributed by atoms with van der Waals surface area (Å²) in [7, 11) is 0. The Morgan fingerprint density at radius 2 is 2.00 bits per heavy atom. The van der Waals surface area contributed by atoms with Crippen LogP contribution in [0.25, 0.3) is 0 Å². The molecule has 1 saturated carbocycles. The quantitative estimate of drug-likeness (QED) is 0.500. The minimum Gasteiger partial charge on any atom is -0.271 e. The van der Waals surface area contributed by atoms with Gasteiger partial charge in [0.1, 0.15) is 0 Å². The second-order valence-electron chi connectivity index (χ2n) is 5.26. The topological polar surface area (TPSA) is 38.0 Å². The Labute approximate surface area is 111 Å². The van der Waals surface area contributed by atoms with Crippen molar-refractivity contribution in [2.45, 2.75) is 38.6 Å². The zero-order valence-electron chi connectivity index (χ0n) is 10.9. The van der Waals surface area contributed by atoms with Crippen LogP contribution in [-0.2, 0) is 0 Å². The number of rotatable bonds is 4. The smallest absolute Gasteiger partial charge is 0.194 e. The number of nitrogens with two attached hydrogens (primary N) is 1. The average molecular weight is 272 g/mol. The molecule has 3 N–H and O–H groups in total. The molecule has 0 aromatic heterocycles. The molecule has 0 bridgehead atoms. The van der Waals surface area contributed by atoms with Crippen LogP contribution in [0.5, 0.6) is 0 Å². The van der Waals surface area contributed by atoms with Gasteiger partial charge in [-0.15, -0.1) is 0 Å². The number of hydrogen-bond donors (Lipinski definition) is 2. The minimum absolute atomic E-state index is 0.114. The van der Waals surface area contributed by atoms with Crippen LogP contribution in [0, 0.1) is 29.3 Å². The highest BCUT2D eigenvalue weighted by Crippen LogP contribution is 2.40. The van der Waals surface area contributed by atoms with E-state index in [4.69, 9.17) is 5.84 Å². The van der Waals surface area contributed by atoms with Crippen molar-refractivity contribution >= 4 is 0 Å². The van der Waals surface area contributed by atoms with Gasteiger partial charge in [0.2, 0.25) is 0 Å². The number of hydrogen-bond acceptors (Lipinski definition) is 2. The summed E-state index contributed by atoms with van der Waals surface area (Å²) in [5, 5.41) is 0. The van der Waals surface area contributed by atoms with Gasteiger partial charge in [-0.3, -0.25) is 11.3 Å². The molecule has 3 unspecified atom stereocenters. The first kappa shape index (κ1) is 14.3. The van der Waals surface area contributed by atoms with Crippen LogP contribution >= 0.6 is 0 Å². The normalized spacial score (nSPS) is 24.7. The Kier molecular flexibility index (Phi) is 4.47. The van der Waals surface area contributed by atoms with Crippen LogP contribution < -0.4 is 11.3 Å². The zero-order chi connectivity index (χ0) is 14.0. The van der Waals surface area contributed by atoms with Gasteiger partial charge in [-0.2, -0.15) is 0 Å². The van der Waals surface area contributed by atoms with Gasteiger partial charge in [-0.05, 0) is 30.7 Å². The lowest BCUT2D eigenvalue weighted by Crippen LogP contribution is -2.33. The third-order valence-electron chi connectivity index (χ3n) is 4.21. The summed E-state index contributed by atoms with van der Waals surface area (Å²) in [6.07, 6.45) is 4.01. The Morgan fingerprint density at radius 3 is 2.58 bits per heavy atom. The highest BCUT2D eigenvalue weighted by molar-refractivity contribution is 5.24. The molecule has 5 heteroatoms. The first-order valence-electron chi connectivity index (χ1n) is 6.68. The summed E-state index contributed by atoms with van der Waals surface area (Å²) in [6.45, 7) is 2.12. The van der Waals surface area contributed by atoms with Gasteiger partial charge in [-0.25, -0.2) is 13.2 Å². The van der Waals surface area contributed by atoms with Crippen molar-refractivity contribution in [1.82, 2.24) is 5.43 Å². The van der Waals surface area contributed by atoms with Crippen molar-refractivity contribution in [3.05, 3.63) is 35.1 Å². The van der Waals surface area contributed by atoms with E-state index in [1.54, 1.807) is 0 Å². The SMILES string of the molecule is CCC1CCC(C(NN)c2ccc(F)c(F)c2F)C1. The van der Waals surface area contributed by atoms with Gasteiger partial charge in [0.15, 0.2) is 17.5 Å². The maximum Gasteiger partial charge on any atom is 0.194 e. The molecule has 0 radical (unpaired) electrons. The van der Waals surface area contributed by atoms with E-state index in [0.29, 0.717) is 5.92 Å². The molecule has 0 aliphatic heterocycles. The molecule has 1 aromatic rings. The minimum atomic E-state index is -1.43. The largest absolute Gasteiger partial charge is 0.271 e. The van der Waals surface area contributed by atoms with Gasteiger partial charge >= 0.3 is 0 Å². The van der Waals surface area contributed by atoms with Gasteiger partial charge in [-0.1, -0.05) is 25.8 Å². The molecule has 1 aliphatic rings. The fourth-order valence-electron chi connectivity index (χ4n) is 3.05. The lowest BCUT2D eigenvalue weighted by molar-refractivity contribution is 0.340. The lowest BCUT2D eigenvalue weighted by atomic mass is 9.90. The van der Waals surface area contributed by atoms with Gasteiger partial charge < -0.3 is 0 Å². The van der Waals surface area contributed by atoms with E-state index in [0.717, 1.165) is 31.7 Å². The number of halogens is 3. The van der Waals surface area contributed by atoms with Gasteiger partial charge in [0.25, 0.3) is 0 Å². The number of benzene rings is 1. The maximum absolute atomic E-state index is 13.8. The molecule has 1 aliphatic carbocycles. The lowest BCUT2D eigenvalue weighted by Gasteiger charge is -2.24. The maximum atomic E-state index is 13.8. The van der Waals surface area contributed by atoms with E-state index in [1.807, 2.05) is 0 Å². The molecule has 0 saturated heterocycles. The second-order valence-corrected chi connectivity index (χ2v) is 5.26. The van der Waals surface area contributed by atoms with Crippen molar-refractivity contribution < 1.29 is 13.2 Å². The summed E-state index contributed by atoms with van der Waals surface area (Å²) in [5.74, 6) is 2.53. The molecule has 1 fully saturated rings. The Balaban J connectivity index is 2.25. The summed E-state index contributed by atoms with van der Waals surface area (Å²) in [5.41, 5.74) is 2.68. The second kappa shape index (κ2) is 5.92. The van der Waals surface area contributed by atoms with Gasteiger partial charge in [0, 0.05) is 5.56 Å². The van der Waals surface area contributed by atoms with E-state index in [1.165, 1.54) is 6.07 Å². The molecule has 2 nitrogen and oxygen atoms in total. The zero-order valence-corrected chi connectivity index (χ0v) is 10.9. The summed E-state index contributed by atoms with van der Waals surface area (Å²) < 4.78 is 40.1. The highest BCUT2D eigenvalue weighted by atomic mass is 19.2. The number of nitrogens with one attached hydrogen (secondary N) is 1. The van der Waals surface area contributed by atoms with Crippen molar-refractivity contribution in [2.75, 3.05) is 0 Å². The molecule has 1 aromatic carbocycles. The van der Waals surface area contributed by atoms with Crippen LogP contribution in [0.1, 0.15) is 44.2 Å². The molecule has 3 atom stereocenters. The molecule has 2 rings (SSSR count). The molecular weight excluding hydrogens is 253 g/mol. The summed E-state index contributed by atoms with van der Waals surface area (Å²) in [6, 6.07) is 1.76. The average Bonchev–Trinajstić information content (AvgIpc) is 2.88. The van der Waals surface area contributed by atoms with Crippen molar-refractivity contribution in [1.29, 1.82) is 0 Å². The van der Waals surface area contributed by atoms with E-state index in [-0.39, 0.29) is 11.5 Å². The van der Waals surface area contributed by atoms with E-state index in [2.05, 4.69) is 12.3 Å². The first-order chi connectivity index (χ1) is 9.08. The van der Waals surface area contributed by atoms with Crippen LogP contribution in [0.4, 0.5) is 13.2 Å². The third-order valence-corrected chi connectivity index (χ3v) is 4.21. The molecular formula is C14H19F3N2. The fourth-order valence-corrected chi connectivity index (χ4v) is 3.05. The summed E-state index contributed by atoms with van der Waals surface area (Å²) in [4.78, 5) is 0. The van der Waals surface area contributed by atoms with Crippen molar-refractivity contribution in [3.63, 3.8) is 0 Å². The van der Waals surface area contributed by atoms with Crippen LogP contribution in [0.2, 0.25) is 0 Å². The third kappa shape index (κ3) is 2.77. The monoisotopic (exact) mass is 272 g/mol. The molecule has 106 valence electrons. The molecule has 0 heterocycles. The Hall–Kier alpha value is -1.07. The fraction of sp³-hybridized carbons (Fsp3) is 0.571. The predicted octanol–water partition coefficient (Wildman–Crippen LogP) is 3.43. The Bertz CT molecular complexity index is 451. The van der Waals surface area contributed by atoms with Crippen LogP contribution in [0.15, 0.2) is 12.1 Å². The van der Waals surface area contributed by atoms with E-state index in [9.17, 15) is 13.2 Å². The summed E-state index contributed by atoms with van der Waals surface area (Å²) >= 11 is 0. The molecule has 0 spiro atoms. The van der Waals surface area contributed by atoms with Crippen LogP contribution in [-0.4, -0.2) is 0 Å². The van der Waals surface area contributed by atoms with E-state index >= 15 is 0 Å². The van der Waals surface area contributed by atoms with E-state index < -0.39 is 23.5 Å². The Morgan fingerprint density at radius 1 is 1.26 bits per heavy atom. The van der Waals surface area contributed by atoms with Crippen LogP contribution in [0.3, 0.4) is 0 Å².